The fourth-order valence-electron chi connectivity index (χ4n) is 1.81. The van der Waals surface area contributed by atoms with Crippen LogP contribution in [0.25, 0.3) is 12.2 Å². The number of aryl methyl sites for hydroxylation is 1. The minimum Gasteiger partial charge on any atom is -0.508 e. The van der Waals surface area contributed by atoms with Crippen LogP contribution in [0.5, 0.6) is 5.75 Å². The van der Waals surface area contributed by atoms with Gasteiger partial charge in [-0.1, -0.05) is 18.2 Å². The molecule has 0 aliphatic rings. The molecule has 0 bridgehead atoms. The molecule has 0 aliphatic carbocycles. The number of phenols is 1. The van der Waals surface area contributed by atoms with Gasteiger partial charge in [-0.2, -0.15) is 0 Å². The van der Waals surface area contributed by atoms with Crippen LogP contribution in [0, 0.1) is 6.92 Å². The third-order valence-corrected chi connectivity index (χ3v) is 2.88. The van der Waals surface area contributed by atoms with Gasteiger partial charge in [-0.25, -0.2) is 9.87 Å². The predicted octanol–water partition coefficient (Wildman–Crippen LogP) is 2.84. The second kappa shape index (κ2) is 6.18. The minimum atomic E-state index is -0.0677. The number of aromatic nitrogens is 1. The number of rotatable bonds is 4. The molecule has 2 rings (SSSR count). The molecule has 0 spiro atoms. The van der Waals surface area contributed by atoms with Gasteiger partial charge in [0.05, 0.1) is 0 Å². The summed E-state index contributed by atoms with van der Waals surface area (Å²) in [5, 5.41) is 18.0. The van der Waals surface area contributed by atoms with E-state index in [-0.39, 0.29) is 12.4 Å². The zero-order valence-electron chi connectivity index (χ0n) is 11.1. The number of nitrogen functional groups attached to an aromatic ring is 1. The summed E-state index contributed by atoms with van der Waals surface area (Å²) < 4.78 is 0. The van der Waals surface area contributed by atoms with Crippen molar-refractivity contribution in [2.45, 2.75) is 13.5 Å². The van der Waals surface area contributed by atoms with Crippen molar-refractivity contribution >= 4 is 18.0 Å². The molecule has 5 nitrogen and oxygen atoms in total. The van der Waals surface area contributed by atoms with Gasteiger partial charge in [0.15, 0.2) is 0 Å². The van der Waals surface area contributed by atoms with Gasteiger partial charge in [0, 0.05) is 16.8 Å². The van der Waals surface area contributed by atoms with Crippen molar-refractivity contribution in [2.24, 2.45) is 0 Å². The average molecular weight is 272 g/mol. The molecule has 0 saturated carbocycles. The molecule has 0 atom stereocenters. The Kier molecular flexibility index (Phi) is 4.34. The Bertz CT molecular complexity index is 639. The molecule has 0 fully saturated rings. The molecule has 0 amide bonds. The zero-order valence-corrected chi connectivity index (χ0v) is 11.1. The smallest absolute Gasteiger partial charge is 0.130 e. The van der Waals surface area contributed by atoms with Crippen molar-refractivity contribution in [1.29, 1.82) is 0 Å². The topological polar surface area (TPSA) is 88.6 Å². The number of pyridine rings is 1. The van der Waals surface area contributed by atoms with Gasteiger partial charge in [0.25, 0.3) is 0 Å². The summed E-state index contributed by atoms with van der Waals surface area (Å²) in [5.74, 6) is 0.548. The summed E-state index contributed by atoms with van der Waals surface area (Å²) >= 11 is 0. The first kappa shape index (κ1) is 14.0. The molecule has 20 heavy (non-hydrogen) atoms. The lowest BCUT2D eigenvalue weighted by Crippen LogP contribution is -1.95. The lowest BCUT2D eigenvalue weighted by Gasteiger charge is -2.04. The van der Waals surface area contributed by atoms with Gasteiger partial charge in [-0.05, 0) is 36.8 Å². The second-order valence-electron chi connectivity index (χ2n) is 4.42. The van der Waals surface area contributed by atoms with E-state index in [1.807, 2.05) is 31.2 Å². The third kappa shape index (κ3) is 3.34. The average Bonchev–Trinajstić information content (AvgIpc) is 2.41. The molecular weight excluding hydrogens is 256 g/mol. The van der Waals surface area contributed by atoms with E-state index in [2.05, 4.69) is 9.87 Å². The monoisotopic (exact) mass is 272 g/mol. The van der Waals surface area contributed by atoms with Crippen molar-refractivity contribution in [2.75, 3.05) is 5.73 Å². The van der Waals surface area contributed by atoms with Gasteiger partial charge in [-0.15, -0.1) is 0 Å². The number of anilines is 1. The maximum absolute atomic E-state index is 9.58. The van der Waals surface area contributed by atoms with Gasteiger partial charge in [-0.3, -0.25) is 5.26 Å². The first-order valence-electron chi connectivity index (χ1n) is 6.09. The van der Waals surface area contributed by atoms with Crippen LogP contribution in [0.3, 0.4) is 0 Å². The first-order valence-corrected chi connectivity index (χ1v) is 6.09. The van der Waals surface area contributed by atoms with Crippen molar-refractivity contribution in [3.63, 3.8) is 0 Å². The van der Waals surface area contributed by atoms with E-state index < -0.39 is 0 Å². The van der Waals surface area contributed by atoms with E-state index in [0.717, 1.165) is 16.8 Å². The summed E-state index contributed by atoms with van der Waals surface area (Å²) in [6.45, 7) is 1.81. The van der Waals surface area contributed by atoms with Crippen molar-refractivity contribution in [1.82, 2.24) is 4.98 Å². The molecule has 4 N–H and O–H groups in total. The highest BCUT2D eigenvalue weighted by atomic mass is 17.1. The number of nitrogens with zero attached hydrogens (tertiary/aromatic N) is 1. The number of phenolic OH excluding ortho intramolecular Hbond substituents is 1. The highest BCUT2D eigenvalue weighted by Gasteiger charge is 2.02. The van der Waals surface area contributed by atoms with Crippen LogP contribution < -0.4 is 5.73 Å². The number of benzene rings is 1. The summed E-state index contributed by atoms with van der Waals surface area (Å²) in [7, 11) is 0. The maximum atomic E-state index is 9.58. The minimum absolute atomic E-state index is 0.0677. The van der Waals surface area contributed by atoms with Gasteiger partial charge in [0.2, 0.25) is 0 Å². The van der Waals surface area contributed by atoms with E-state index >= 15 is 0 Å². The van der Waals surface area contributed by atoms with Crippen LogP contribution in [0.2, 0.25) is 0 Å². The van der Waals surface area contributed by atoms with E-state index in [1.165, 1.54) is 0 Å². The van der Waals surface area contributed by atoms with E-state index in [9.17, 15) is 5.11 Å². The Labute approximate surface area is 116 Å². The standard InChI is InChI=1S/C15H16N2O3/c1-10-2-5-12(15(16)17-10)6-3-11-4-7-14(18)13(8-11)9-20-19/h2-8,18-19H,9H2,1H3,(H2,16,17). The Morgan fingerprint density at radius 1 is 1.25 bits per heavy atom. The van der Waals surface area contributed by atoms with Crippen LogP contribution in [0.15, 0.2) is 30.3 Å². The molecule has 0 unspecified atom stereocenters. The summed E-state index contributed by atoms with van der Waals surface area (Å²) in [6, 6.07) is 8.80. The maximum Gasteiger partial charge on any atom is 0.130 e. The van der Waals surface area contributed by atoms with Crippen molar-refractivity contribution in [3.05, 3.63) is 52.7 Å². The van der Waals surface area contributed by atoms with Gasteiger partial charge >= 0.3 is 0 Å². The fourth-order valence-corrected chi connectivity index (χ4v) is 1.81. The number of aromatic hydroxyl groups is 1. The predicted molar refractivity (Wildman–Crippen MR) is 77.8 cm³/mol. The summed E-state index contributed by atoms with van der Waals surface area (Å²) in [5.41, 5.74) is 8.88. The molecule has 2 aromatic rings. The number of hydrogen-bond donors (Lipinski definition) is 3. The van der Waals surface area contributed by atoms with Crippen molar-refractivity contribution < 1.29 is 15.3 Å². The van der Waals surface area contributed by atoms with E-state index in [4.69, 9.17) is 11.0 Å². The molecular formula is C15H16N2O3. The molecule has 1 aromatic heterocycles. The summed E-state index contributed by atoms with van der Waals surface area (Å²) in [6.07, 6.45) is 3.70. The highest BCUT2D eigenvalue weighted by Crippen LogP contribution is 2.21. The van der Waals surface area contributed by atoms with Crippen LogP contribution in [0.4, 0.5) is 5.82 Å². The van der Waals surface area contributed by atoms with Gasteiger partial charge in [0.1, 0.15) is 18.2 Å². The third-order valence-electron chi connectivity index (χ3n) is 2.88. The van der Waals surface area contributed by atoms with E-state index in [0.29, 0.717) is 11.4 Å². The second-order valence-corrected chi connectivity index (χ2v) is 4.42. The van der Waals surface area contributed by atoms with Crippen LogP contribution >= 0.6 is 0 Å². The molecule has 0 saturated heterocycles. The van der Waals surface area contributed by atoms with Crippen molar-refractivity contribution in [3.8, 4) is 5.75 Å². The van der Waals surface area contributed by atoms with Crippen LogP contribution in [-0.4, -0.2) is 15.3 Å². The molecule has 0 aliphatic heterocycles. The molecule has 1 heterocycles. The lowest BCUT2D eigenvalue weighted by molar-refractivity contribution is -0.253. The van der Waals surface area contributed by atoms with Crippen LogP contribution in [-0.2, 0) is 11.5 Å². The summed E-state index contributed by atoms with van der Waals surface area (Å²) in [4.78, 5) is 8.23. The largest absolute Gasteiger partial charge is 0.508 e. The zero-order chi connectivity index (χ0) is 14.5. The van der Waals surface area contributed by atoms with E-state index in [1.54, 1.807) is 18.2 Å². The normalized spacial score (nSPS) is 11.1. The fraction of sp³-hybridized carbons (Fsp3) is 0.133. The Morgan fingerprint density at radius 3 is 2.75 bits per heavy atom. The lowest BCUT2D eigenvalue weighted by atomic mass is 10.1. The van der Waals surface area contributed by atoms with Gasteiger partial charge < -0.3 is 10.8 Å². The SMILES string of the molecule is Cc1ccc(C=Cc2ccc(O)c(COO)c2)c(N)n1. The molecule has 104 valence electrons. The molecule has 1 aromatic carbocycles. The number of nitrogens with two attached hydrogens (primary N) is 1. The highest BCUT2D eigenvalue weighted by molar-refractivity contribution is 5.74. The Balaban J connectivity index is 2.24. The van der Waals surface area contributed by atoms with Crippen LogP contribution in [0.1, 0.15) is 22.4 Å². The number of hydrogen-bond acceptors (Lipinski definition) is 5. The Morgan fingerprint density at radius 2 is 2.05 bits per heavy atom. The quantitative estimate of drug-likeness (QED) is 0.588. The molecule has 0 radical (unpaired) electrons. The molecule has 5 heteroatoms. The Hall–Kier alpha value is -2.37. The first-order chi connectivity index (χ1) is 9.60.